The molecule has 0 saturated carbocycles. The van der Waals surface area contributed by atoms with Crippen LogP contribution in [0, 0.1) is 0 Å². The molecule has 1 aliphatic rings. The van der Waals surface area contributed by atoms with Crippen LogP contribution in [0.1, 0.15) is 18.0 Å². The first-order chi connectivity index (χ1) is 10.2. The van der Waals surface area contributed by atoms with Crippen molar-refractivity contribution in [2.24, 2.45) is 5.73 Å². The van der Waals surface area contributed by atoms with Crippen molar-refractivity contribution in [1.29, 1.82) is 0 Å². The molecule has 2 N–H and O–H groups in total. The molecule has 0 bridgehead atoms. The van der Waals surface area contributed by atoms with Crippen molar-refractivity contribution >= 4 is 10.9 Å². The van der Waals surface area contributed by atoms with Crippen LogP contribution < -0.4 is 5.73 Å². The Morgan fingerprint density at radius 2 is 2.00 bits per heavy atom. The van der Waals surface area contributed by atoms with Crippen LogP contribution in [-0.2, 0) is 0 Å². The minimum absolute atomic E-state index is 0.0193. The Morgan fingerprint density at radius 1 is 1.19 bits per heavy atom. The number of nitrogens with zero attached hydrogens (tertiary/aromatic N) is 3. The van der Waals surface area contributed by atoms with Crippen molar-refractivity contribution in [3.8, 4) is 0 Å². The largest absolute Gasteiger partial charge is 0.323 e. The third-order valence-electron chi connectivity index (χ3n) is 4.55. The summed E-state index contributed by atoms with van der Waals surface area (Å²) in [7, 11) is 4.36. The van der Waals surface area contributed by atoms with Gasteiger partial charge in [0, 0.05) is 30.2 Å². The second-order valence-electron chi connectivity index (χ2n) is 6.11. The molecule has 3 rings (SSSR count). The smallest absolute Gasteiger partial charge is 0.0750 e. The van der Waals surface area contributed by atoms with E-state index in [-0.39, 0.29) is 6.04 Å². The Labute approximate surface area is 126 Å². The quantitative estimate of drug-likeness (QED) is 0.914. The molecule has 0 radical (unpaired) electrons. The molecule has 1 aromatic carbocycles. The van der Waals surface area contributed by atoms with E-state index in [1.807, 2.05) is 12.3 Å². The second-order valence-corrected chi connectivity index (χ2v) is 6.11. The topological polar surface area (TPSA) is 45.4 Å². The number of hydrogen-bond acceptors (Lipinski definition) is 4. The molecule has 2 unspecified atom stereocenters. The third kappa shape index (κ3) is 2.93. The van der Waals surface area contributed by atoms with Crippen LogP contribution in [0.4, 0.5) is 0 Å². The van der Waals surface area contributed by atoms with Gasteiger partial charge in [-0.2, -0.15) is 0 Å². The summed E-state index contributed by atoms with van der Waals surface area (Å²) in [5.41, 5.74) is 8.84. The lowest BCUT2D eigenvalue weighted by Gasteiger charge is -2.32. The Balaban J connectivity index is 1.97. The number of rotatable bonds is 2. The molecular weight excluding hydrogens is 260 g/mol. The summed E-state index contributed by atoms with van der Waals surface area (Å²) < 4.78 is 0. The number of fused-ring (bicyclic) bond motifs is 1. The Bertz CT molecular complexity index is 607. The van der Waals surface area contributed by atoms with E-state index in [9.17, 15) is 0 Å². The molecule has 0 spiro atoms. The molecular formula is C17H24N4. The number of nitrogens with two attached hydrogens (primary N) is 1. The number of likely N-dealkylation sites (N-methyl/N-ethyl adjacent to an activating group) is 2. The minimum atomic E-state index is -0.0193. The van der Waals surface area contributed by atoms with E-state index in [0.29, 0.717) is 6.04 Å². The normalized spacial score (nSPS) is 23.1. The van der Waals surface area contributed by atoms with Gasteiger partial charge in [-0.05, 0) is 45.2 Å². The Morgan fingerprint density at radius 3 is 2.86 bits per heavy atom. The molecule has 0 aliphatic carbocycles. The van der Waals surface area contributed by atoms with Crippen LogP contribution >= 0.6 is 0 Å². The predicted molar refractivity (Wildman–Crippen MR) is 87.2 cm³/mol. The predicted octanol–water partition coefficient (Wildman–Crippen LogP) is 1.87. The van der Waals surface area contributed by atoms with Crippen molar-refractivity contribution in [2.45, 2.75) is 18.5 Å². The average Bonchev–Trinajstić information content (AvgIpc) is 2.67. The average molecular weight is 284 g/mol. The fourth-order valence-corrected chi connectivity index (χ4v) is 3.30. The van der Waals surface area contributed by atoms with E-state index in [0.717, 1.165) is 36.1 Å². The van der Waals surface area contributed by atoms with Crippen LogP contribution in [0.3, 0.4) is 0 Å². The summed E-state index contributed by atoms with van der Waals surface area (Å²) in [5, 5.41) is 1.16. The molecule has 1 aromatic heterocycles. The maximum atomic E-state index is 6.65. The van der Waals surface area contributed by atoms with Crippen LogP contribution in [0.2, 0.25) is 0 Å². The molecule has 2 aromatic rings. The van der Waals surface area contributed by atoms with Crippen molar-refractivity contribution in [2.75, 3.05) is 33.7 Å². The summed E-state index contributed by atoms with van der Waals surface area (Å²) in [4.78, 5) is 9.33. The molecule has 4 nitrogen and oxygen atoms in total. The van der Waals surface area contributed by atoms with Gasteiger partial charge in [-0.15, -0.1) is 0 Å². The number of aromatic nitrogens is 1. The Hall–Kier alpha value is -1.49. The molecule has 1 fully saturated rings. The molecule has 112 valence electrons. The van der Waals surface area contributed by atoms with E-state index < -0.39 is 0 Å². The highest BCUT2D eigenvalue weighted by atomic mass is 15.2. The zero-order valence-electron chi connectivity index (χ0n) is 12.9. The fraction of sp³-hybridized carbons (Fsp3) is 0.471. The van der Waals surface area contributed by atoms with Crippen molar-refractivity contribution in [3.05, 3.63) is 42.1 Å². The first kappa shape index (κ1) is 14.4. The number of benzene rings is 1. The maximum Gasteiger partial charge on any atom is 0.0750 e. The van der Waals surface area contributed by atoms with E-state index in [2.05, 4.69) is 53.1 Å². The van der Waals surface area contributed by atoms with Crippen LogP contribution in [0.5, 0.6) is 0 Å². The van der Waals surface area contributed by atoms with Gasteiger partial charge in [0.1, 0.15) is 0 Å². The maximum absolute atomic E-state index is 6.65. The third-order valence-corrected chi connectivity index (χ3v) is 4.55. The van der Waals surface area contributed by atoms with Gasteiger partial charge in [-0.25, -0.2) is 0 Å². The number of hydrogen-bond donors (Lipinski definition) is 1. The highest BCUT2D eigenvalue weighted by Crippen LogP contribution is 2.26. The van der Waals surface area contributed by atoms with Gasteiger partial charge in [0.15, 0.2) is 0 Å². The van der Waals surface area contributed by atoms with E-state index in [4.69, 9.17) is 5.73 Å². The molecule has 1 aliphatic heterocycles. The first-order valence-electron chi connectivity index (χ1n) is 7.65. The fourth-order valence-electron chi connectivity index (χ4n) is 3.30. The summed E-state index contributed by atoms with van der Waals surface area (Å²) in [6.07, 6.45) is 3.05. The summed E-state index contributed by atoms with van der Waals surface area (Å²) >= 11 is 0. The van der Waals surface area contributed by atoms with Gasteiger partial charge in [-0.1, -0.05) is 24.3 Å². The monoisotopic (exact) mass is 284 g/mol. The summed E-state index contributed by atoms with van der Waals surface area (Å²) in [6.45, 7) is 3.24. The summed E-state index contributed by atoms with van der Waals surface area (Å²) in [5.74, 6) is 0. The van der Waals surface area contributed by atoms with Gasteiger partial charge in [0.2, 0.25) is 0 Å². The van der Waals surface area contributed by atoms with E-state index >= 15 is 0 Å². The highest BCUT2D eigenvalue weighted by molar-refractivity contribution is 5.82. The number of pyridine rings is 1. The first-order valence-corrected chi connectivity index (χ1v) is 7.65. The molecule has 0 amide bonds. The van der Waals surface area contributed by atoms with Gasteiger partial charge >= 0.3 is 0 Å². The van der Waals surface area contributed by atoms with Crippen molar-refractivity contribution < 1.29 is 0 Å². The summed E-state index contributed by atoms with van der Waals surface area (Å²) in [6, 6.07) is 10.7. The Kier molecular flexibility index (Phi) is 4.19. The lowest BCUT2D eigenvalue weighted by atomic mass is 9.96. The van der Waals surface area contributed by atoms with E-state index in [1.165, 1.54) is 6.42 Å². The highest BCUT2D eigenvalue weighted by Gasteiger charge is 2.28. The van der Waals surface area contributed by atoms with Gasteiger partial charge in [-0.3, -0.25) is 4.98 Å². The lowest BCUT2D eigenvalue weighted by Crippen LogP contribution is -2.45. The van der Waals surface area contributed by atoms with Crippen LogP contribution in [0.25, 0.3) is 10.9 Å². The van der Waals surface area contributed by atoms with Crippen LogP contribution in [0.15, 0.2) is 36.5 Å². The zero-order chi connectivity index (χ0) is 14.8. The molecule has 1 saturated heterocycles. The number of para-hydroxylation sites is 1. The van der Waals surface area contributed by atoms with Crippen LogP contribution in [-0.4, -0.2) is 54.6 Å². The molecule has 4 heteroatoms. The standard InChI is InChI=1S/C17H24N4/c1-20-10-5-11-21(2)15(12-20)16(18)14-8-3-6-13-7-4-9-19-17(13)14/h3-4,6-9,15-16H,5,10-12,18H2,1-2H3. The SMILES string of the molecule is CN1CCCN(C)C(C(N)c2cccc3cccnc23)C1. The van der Waals surface area contributed by atoms with E-state index in [1.54, 1.807) is 0 Å². The second kappa shape index (κ2) is 6.10. The zero-order valence-corrected chi connectivity index (χ0v) is 12.9. The lowest BCUT2D eigenvalue weighted by molar-refractivity contribution is 0.197. The van der Waals surface area contributed by atoms with Crippen molar-refractivity contribution in [1.82, 2.24) is 14.8 Å². The van der Waals surface area contributed by atoms with Crippen molar-refractivity contribution in [3.63, 3.8) is 0 Å². The molecule has 2 heterocycles. The van der Waals surface area contributed by atoms with Gasteiger partial charge in [0.25, 0.3) is 0 Å². The van der Waals surface area contributed by atoms with Gasteiger partial charge < -0.3 is 15.5 Å². The molecule has 2 atom stereocenters. The molecule has 21 heavy (non-hydrogen) atoms. The van der Waals surface area contributed by atoms with Gasteiger partial charge in [0.05, 0.1) is 5.52 Å². The minimum Gasteiger partial charge on any atom is -0.323 e.